The molecule has 0 spiro atoms. The van der Waals surface area contributed by atoms with Gasteiger partial charge in [0.1, 0.15) is 22.8 Å². The molecule has 1 aromatic heterocycles. The standard InChI is InChI=1S/C16H15NO5/c1-10(18)15-13(21-3)8-12(20-2)9-14(15)22-16(19)11-4-6-17-7-5-11/h4-9H,1-3H3. The van der Waals surface area contributed by atoms with Crippen LogP contribution in [0.15, 0.2) is 36.7 Å². The van der Waals surface area contributed by atoms with E-state index in [1.54, 1.807) is 6.07 Å². The van der Waals surface area contributed by atoms with Gasteiger partial charge >= 0.3 is 5.97 Å². The van der Waals surface area contributed by atoms with E-state index in [4.69, 9.17) is 14.2 Å². The Morgan fingerprint density at radius 1 is 1.00 bits per heavy atom. The third-order valence-electron chi connectivity index (χ3n) is 2.97. The fraction of sp³-hybridized carbons (Fsp3) is 0.188. The maximum absolute atomic E-state index is 12.1. The summed E-state index contributed by atoms with van der Waals surface area (Å²) in [5.41, 5.74) is 0.511. The number of ether oxygens (including phenoxy) is 3. The lowest BCUT2D eigenvalue weighted by Crippen LogP contribution is -2.12. The summed E-state index contributed by atoms with van der Waals surface area (Å²) in [4.78, 5) is 27.8. The van der Waals surface area contributed by atoms with Crippen LogP contribution in [0.5, 0.6) is 17.2 Å². The van der Waals surface area contributed by atoms with Crippen molar-refractivity contribution in [3.63, 3.8) is 0 Å². The fourth-order valence-electron chi connectivity index (χ4n) is 1.92. The number of carbonyl (C=O) groups excluding carboxylic acids is 2. The Hall–Kier alpha value is -2.89. The van der Waals surface area contributed by atoms with Crippen molar-refractivity contribution >= 4 is 11.8 Å². The Morgan fingerprint density at radius 2 is 1.64 bits per heavy atom. The second kappa shape index (κ2) is 6.71. The smallest absolute Gasteiger partial charge is 0.343 e. The number of aromatic nitrogens is 1. The van der Waals surface area contributed by atoms with E-state index in [1.807, 2.05) is 0 Å². The summed E-state index contributed by atoms with van der Waals surface area (Å²) in [6, 6.07) is 6.07. The number of esters is 1. The first-order valence-electron chi connectivity index (χ1n) is 6.46. The fourth-order valence-corrected chi connectivity index (χ4v) is 1.92. The maximum Gasteiger partial charge on any atom is 0.343 e. The van der Waals surface area contributed by atoms with Crippen LogP contribution in [0.4, 0.5) is 0 Å². The molecule has 0 amide bonds. The number of hydrogen-bond donors (Lipinski definition) is 0. The summed E-state index contributed by atoms with van der Waals surface area (Å²) in [7, 11) is 2.90. The first-order chi connectivity index (χ1) is 10.6. The van der Waals surface area contributed by atoms with Gasteiger partial charge in [-0.2, -0.15) is 0 Å². The maximum atomic E-state index is 12.1. The average Bonchev–Trinajstić information content (AvgIpc) is 2.54. The number of methoxy groups -OCH3 is 2. The molecular weight excluding hydrogens is 286 g/mol. The number of benzene rings is 1. The Balaban J connectivity index is 2.44. The highest BCUT2D eigenvalue weighted by Gasteiger charge is 2.20. The lowest BCUT2D eigenvalue weighted by molar-refractivity contribution is 0.0732. The molecule has 6 nitrogen and oxygen atoms in total. The van der Waals surface area contributed by atoms with E-state index in [2.05, 4.69) is 4.98 Å². The third kappa shape index (κ3) is 3.22. The van der Waals surface area contributed by atoms with Gasteiger partial charge in [0.05, 0.1) is 19.8 Å². The quantitative estimate of drug-likeness (QED) is 0.480. The largest absolute Gasteiger partial charge is 0.496 e. The van der Waals surface area contributed by atoms with E-state index in [0.717, 1.165) is 0 Å². The number of carbonyl (C=O) groups is 2. The summed E-state index contributed by atoms with van der Waals surface area (Å²) in [6.07, 6.45) is 2.96. The minimum Gasteiger partial charge on any atom is -0.496 e. The van der Waals surface area contributed by atoms with Crippen LogP contribution in [0.2, 0.25) is 0 Å². The molecule has 6 heteroatoms. The lowest BCUT2D eigenvalue weighted by Gasteiger charge is -2.14. The van der Waals surface area contributed by atoms with Gasteiger partial charge in [-0.25, -0.2) is 4.79 Å². The second-order valence-electron chi connectivity index (χ2n) is 4.38. The summed E-state index contributed by atoms with van der Waals surface area (Å²) >= 11 is 0. The number of hydrogen-bond acceptors (Lipinski definition) is 6. The van der Waals surface area contributed by atoms with Crippen molar-refractivity contribution in [2.75, 3.05) is 14.2 Å². The Kier molecular flexibility index (Phi) is 4.73. The van der Waals surface area contributed by atoms with Gasteiger partial charge in [-0.15, -0.1) is 0 Å². The predicted molar refractivity (Wildman–Crippen MR) is 78.7 cm³/mol. The summed E-state index contributed by atoms with van der Waals surface area (Å²) in [6.45, 7) is 1.37. The van der Waals surface area contributed by atoms with E-state index in [-0.39, 0.29) is 22.8 Å². The monoisotopic (exact) mass is 301 g/mol. The van der Waals surface area contributed by atoms with Gasteiger partial charge in [0.25, 0.3) is 0 Å². The van der Waals surface area contributed by atoms with Gasteiger partial charge < -0.3 is 14.2 Å². The van der Waals surface area contributed by atoms with Crippen LogP contribution in [-0.2, 0) is 0 Å². The minimum absolute atomic E-state index is 0.0884. The van der Waals surface area contributed by atoms with Gasteiger partial charge in [-0.05, 0) is 19.1 Å². The van der Waals surface area contributed by atoms with Gasteiger partial charge in [0, 0.05) is 24.5 Å². The van der Waals surface area contributed by atoms with E-state index >= 15 is 0 Å². The Labute approximate surface area is 127 Å². The lowest BCUT2D eigenvalue weighted by atomic mass is 10.1. The molecule has 0 atom stereocenters. The normalized spacial score (nSPS) is 9.95. The van der Waals surface area contributed by atoms with Crippen LogP contribution in [0.1, 0.15) is 27.6 Å². The summed E-state index contributed by atoms with van der Waals surface area (Å²) in [5, 5.41) is 0. The first kappa shape index (κ1) is 15.5. The van der Waals surface area contributed by atoms with E-state index in [1.165, 1.54) is 51.7 Å². The number of ketones is 1. The zero-order valence-corrected chi connectivity index (χ0v) is 12.5. The Morgan fingerprint density at radius 3 is 2.18 bits per heavy atom. The van der Waals surface area contributed by atoms with Gasteiger partial charge in [0.15, 0.2) is 5.78 Å². The molecule has 2 rings (SSSR count). The first-order valence-corrected chi connectivity index (χ1v) is 6.46. The topological polar surface area (TPSA) is 74.7 Å². The molecule has 2 aromatic rings. The molecule has 22 heavy (non-hydrogen) atoms. The van der Waals surface area contributed by atoms with Crippen molar-refractivity contribution in [1.29, 1.82) is 0 Å². The SMILES string of the molecule is COc1cc(OC)c(C(C)=O)c(OC(=O)c2ccncc2)c1. The Bertz CT molecular complexity index is 697. The van der Waals surface area contributed by atoms with Gasteiger partial charge in [0.2, 0.25) is 0 Å². The molecule has 0 unspecified atom stereocenters. The van der Waals surface area contributed by atoms with Crippen molar-refractivity contribution < 1.29 is 23.8 Å². The molecule has 1 heterocycles. The van der Waals surface area contributed by atoms with Gasteiger partial charge in [-0.1, -0.05) is 0 Å². The van der Waals surface area contributed by atoms with E-state index in [0.29, 0.717) is 11.3 Å². The molecule has 0 fully saturated rings. The molecule has 0 bridgehead atoms. The molecular formula is C16H15NO5. The molecule has 0 radical (unpaired) electrons. The van der Waals surface area contributed by atoms with Crippen LogP contribution >= 0.6 is 0 Å². The molecule has 0 saturated heterocycles. The van der Waals surface area contributed by atoms with Crippen LogP contribution in [0, 0.1) is 0 Å². The highest BCUT2D eigenvalue weighted by Crippen LogP contribution is 2.34. The van der Waals surface area contributed by atoms with Crippen molar-refractivity contribution in [3.05, 3.63) is 47.8 Å². The average molecular weight is 301 g/mol. The molecule has 0 aliphatic heterocycles. The van der Waals surface area contributed by atoms with Crippen LogP contribution < -0.4 is 14.2 Å². The highest BCUT2D eigenvalue weighted by molar-refractivity contribution is 6.01. The molecule has 0 N–H and O–H groups in total. The van der Waals surface area contributed by atoms with Crippen molar-refractivity contribution in [2.45, 2.75) is 6.92 Å². The number of nitrogens with zero attached hydrogens (tertiary/aromatic N) is 1. The number of rotatable bonds is 5. The van der Waals surface area contributed by atoms with Crippen molar-refractivity contribution in [2.24, 2.45) is 0 Å². The van der Waals surface area contributed by atoms with Crippen LogP contribution in [0.25, 0.3) is 0 Å². The second-order valence-corrected chi connectivity index (χ2v) is 4.38. The molecule has 0 saturated carbocycles. The third-order valence-corrected chi connectivity index (χ3v) is 2.97. The van der Waals surface area contributed by atoms with E-state index < -0.39 is 5.97 Å². The minimum atomic E-state index is -0.597. The van der Waals surface area contributed by atoms with Crippen LogP contribution in [0.3, 0.4) is 0 Å². The predicted octanol–water partition coefficient (Wildman–Crippen LogP) is 2.52. The van der Waals surface area contributed by atoms with Gasteiger partial charge in [-0.3, -0.25) is 9.78 Å². The highest BCUT2D eigenvalue weighted by atomic mass is 16.5. The van der Waals surface area contributed by atoms with E-state index in [9.17, 15) is 9.59 Å². The van der Waals surface area contributed by atoms with Crippen molar-refractivity contribution in [3.8, 4) is 17.2 Å². The molecule has 1 aromatic carbocycles. The molecule has 0 aliphatic rings. The number of Topliss-reactive ketones (excluding diaryl/α,β-unsaturated/α-hetero) is 1. The van der Waals surface area contributed by atoms with Crippen molar-refractivity contribution in [1.82, 2.24) is 4.98 Å². The zero-order valence-electron chi connectivity index (χ0n) is 12.5. The van der Waals surface area contributed by atoms with Crippen LogP contribution in [-0.4, -0.2) is 31.0 Å². The summed E-state index contributed by atoms with van der Waals surface area (Å²) < 4.78 is 15.6. The zero-order chi connectivity index (χ0) is 16.1. The molecule has 0 aliphatic carbocycles. The molecule has 114 valence electrons. The summed E-state index contributed by atoms with van der Waals surface area (Å²) in [5.74, 6) is -0.0912. The number of pyridine rings is 1.